The largest absolute Gasteiger partial charge is 0.472 e. The summed E-state index contributed by atoms with van der Waals surface area (Å²) in [5.74, 6) is -1.38. The maximum Gasteiger partial charge on any atom is 0.472 e. The zero-order valence-corrected chi connectivity index (χ0v) is 67.8. The van der Waals surface area contributed by atoms with Gasteiger partial charge in [-0.05, 0) is 31.6 Å². The molecule has 101 heavy (non-hydrogen) atoms. The Morgan fingerprint density at radius 3 is 0.673 bits per heavy atom. The highest BCUT2D eigenvalue weighted by molar-refractivity contribution is 7.47. The summed E-state index contributed by atoms with van der Waals surface area (Å²) in [4.78, 5) is 73.0. The molecule has 0 saturated heterocycles. The van der Waals surface area contributed by atoms with Crippen molar-refractivity contribution < 1.29 is 80.2 Å². The van der Waals surface area contributed by atoms with Crippen molar-refractivity contribution in [3.8, 4) is 0 Å². The van der Waals surface area contributed by atoms with Gasteiger partial charge in [-0.2, -0.15) is 0 Å². The standard InChI is InChI=1S/C82H160O17P2/c1-6-9-12-15-18-21-24-27-29-31-32-33-34-35-37-40-43-46-53-58-63-68-82(87)98-77(71-92-79(84)65-60-55-50-44-41-39-36-30-28-25-22-19-16-13-10-7-2)73-96-100(88,89)94-69-76(83)70-95-101(90,91)97-74-78(72-93-80(85)66-61-56-51-48-47-49-54-59-64-75(4)5)99-81(86)67-62-57-52-45-42-38-26-23-20-17-14-11-8-3/h75-78,83H,6-74H2,1-5H3,(H,88,89)(H,90,91)/t76-,77-,78-/m1/s1. The van der Waals surface area contributed by atoms with Crippen molar-refractivity contribution in [2.24, 2.45) is 5.92 Å². The molecule has 0 rings (SSSR count). The van der Waals surface area contributed by atoms with Crippen molar-refractivity contribution in [1.82, 2.24) is 0 Å². The molecule has 3 N–H and O–H groups in total. The molecule has 0 fully saturated rings. The molecule has 0 aliphatic heterocycles. The van der Waals surface area contributed by atoms with E-state index in [1.54, 1.807) is 0 Å². The lowest BCUT2D eigenvalue weighted by atomic mass is 10.0. The molecule has 0 aromatic carbocycles. The fourth-order valence-corrected chi connectivity index (χ4v) is 14.3. The van der Waals surface area contributed by atoms with E-state index in [-0.39, 0.29) is 25.7 Å². The molecule has 2 unspecified atom stereocenters. The summed E-state index contributed by atoms with van der Waals surface area (Å²) >= 11 is 0. The number of carbonyl (C=O) groups is 4. The zero-order chi connectivity index (χ0) is 74.1. The zero-order valence-electron chi connectivity index (χ0n) is 66.1. The van der Waals surface area contributed by atoms with Gasteiger partial charge in [0.15, 0.2) is 12.2 Å². The maximum atomic E-state index is 13.1. The predicted octanol–water partition coefficient (Wildman–Crippen LogP) is 24.8. The highest BCUT2D eigenvalue weighted by Crippen LogP contribution is 2.45. The lowest BCUT2D eigenvalue weighted by Crippen LogP contribution is -2.30. The molecule has 600 valence electrons. The topological polar surface area (TPSA) is 237 Å². The van der Waals surface area contributed by atoms with Crippen LogP contribution in [-0.2, 0) is 65.4 Å². The van der Waals surface area contributed by atoms with Gasteiger partial charge in [-0.3, -0.25) is 37.3 Å². The summed E-state index contributed by atoms with van der Waals surface area (Å²) in [7, 11) is -9.92. The van der Waals surface area contributed by atoms with Gasteiger partial charge >= 0.3 is 39.5 Å². The van der Waals surface area contributed by atoms with E-state index in [4.69, 9.17) is 37.0 Å². The van der Waals surface area contributed by atoms with Crippen LogP contribution in [0.3, 0.4) is 0 Å². The predicted molar refractivity (Wildman–Crippen MR) is 414 cm³/mol. The van der Waals surface area contributed by atoms with Crippen LogP contribution in [0, 0.1) is 5.92 Å². The number of carbonyl (C=O) groups excluding carboxylic acids is 4. The van der Waals surface area contributed by atoms with Crippen LogP contribution in [0.15, 0.2) is 0 Å². The van der Waals surface area contributed by atoms with E-state index in [0.717, 1.165) is 95.8 Å². The van der Waals surface area contributed by atoms with E-state index in [0.29, 0.717) is 25.7 Å². The van der Waals surface area contributed by atoms with E-state index in [1.165, 1.54) is 263 Å². The number of phosphoric acid groups is 2. The number of ether oxygens (including phenoxy) is 4. The molecule has 0 spiro atoms. The average Bonchev–Trinajstić information content (AvgIpc) is 2.82. The molecule has 0 radical (unpaired) electrons. The normalized spacial score (nSPS) is 13.8. The SMILES string of the molecule is CCCCCCCCCCCCCCCCCCCCCCCC(=O)O[C@H](COC(=O)CCCCCCCCCCCCCCCCCC)COP(=O)(O)OC[C@@H](O)COP(=O)(O)OC[C@@H](COC(=O)CCCCCCCCCCC(C)C)OC(=O)CCCCCCCCCCCCCCC. The average molecular weight is 1480 g/mol. The molecular weight excluding hydrogens is 1320 g/mol. The van der Waals surface area contributed by atoms with Crippen molar-refractivity contribution in [2.45, 2.75) is 457 Å². The van der Waals surface area contributed by atoms with Crippen LogP contribution in [0.1, 0.15) is 439 Å². The highest BCUT2D eigenvalue weighted by atomic mass is 31.2. The van der Waals surface area contributed by atoms with Crippen molar-refractivity contribution in [1.29, 1.82) is 0 Å². The van der Waals surface area contributed by atoms with Crippen LogP contribution < -0.4 is 0 Å². The first-order valence-electron chi connectivity index (χ1n) is 42.6. The number of unbranched alkanes of at least 4 members (excludes halogenated alkanes) is 54. The van der Waals surface area contributed by atoms with Crippen molar-refractivity contribution in [3.05, 3.63) is 0 Å². The molecular formula is C82H160O17P2. The number of hydrogen-bond acceptors (Lipinski definition) is 15. The van der Waals surface area contributed by atoms with Gasteiger partial charge in [0.1, 0.15) is 19.3 Å². The van der Waals surface area contributed by atoms with Gasteiger partial charge in [0, 0.05) is 25.7 Å². The Kier molecular flexibility index (Phi) is 73.5. The van der Waals surface area contributed by atoms with Crippen molar-refractivity contribution in [3.63, 3.8) is 0 Å². The first kappa shape index (κ1) is 99.1. The minimum Gasteiger partial charge on any atom is -0.462 e. The number of hydrogen-bond donors (Lipinski definition) is 3. The van der Waals surface area contributed by atoms with Crippen LogP contribution in [0.5, 0.6) is 0 Å². The monoisotopic (exact) mass is 1480 g/mol. The Bertz CT molecular complexity index is 1930. The van der Waals surface area contributed by atoms with Gasteiger partial charge in [-0.25, -0.2) is 9.13 Å². The number of aliphatic hydroxyl groups is 1. The van der Waals surface area contributed by atoms with E-state index in [2.05, 4.69) is 34.6 Å². The van der Waals surface area contributed by atoms with Crippen LogP contribution in [-0.4, -0.2) is 96.7 Å². The van der Waals surface area contributed by atoms with Crippen LogP contribution in [0.25, 0.3) is 0 Å². The quantitative estimate of drug-likeness (QED) is 0.0222. The Balaban J connectivity index is 5.22. The Labute approximate surface area is 619 Å². The smallest absolute Gasteiger partial charge is 0.462 e. The van der Waals surface area contributed by atoms with Crippen LogP contribution in [0.4, 0.5) is 0 Å². The maximum absolute atomic E-state index is 13.1. The Hall–Kier alpha value is -1.94. The molecule has 0 bridgehead atoms. The second kappa shape index (κ2) is 74.9. The van der Waals surface area contributed by atoms with Gasteiger partial charge in [-0.15, -0.1) is 0 Å². The summed E-state index contributed by atoms with van der Waals surface area (Å²) in [6.45, 7) is 7.30. The molecule has 0 aliphatic rings. The molecule has 0 heterocycles. The summed E-state index contributed by atoms with van der Waals surface area (Å²) in [5, 5.41) is 10.6. The lowest BCUT2D eigenvalue weighted by Gasteiger charge is -2.21. The van der Waals surface area contributed by atoms with Gasteiger partial charge in [0.05, 0.1) is 26.4 Å². The van der Waals surface area contributed by atoms with Crippen molar-refractivity contribution in [2.75, 3.05) is 39.6 Å². The number of rotatable bonds is 82. The third-order valence-electron chi connectivity index (χ3n) is 19.3. The first-order valence-corrected chi connectivity index (χ1v) is 45.6. The summed E-state index contributed by atoms with van der Waals surface area (Å²) in [5.41, 5.74) is 0. The molecule has 17 nitrogen and oxygen atoms in total. The first-order chi connectivity index (χ1) is 49.0. The lowest BCUT2D eigenvalue weighted by molar-refractivity contribution is -0.161. The van der Waals surface area contributed by atoms with Gasteiger partial charge in [0.25, 0.3) is 0 Å². The second-order valence-electron chi connectivity index (χ2n) is 30.0. The third kappa shape index (κ3) is 76.1. The summed E-state index contributed by atoms with van der Waals surface area (Å²) in [6, 6.07) is 0. The van der Waals surface area contributed by atoms with Crippen molar-refractivity contribution >= 4 is 39.5 Å². The minimum atomic E-state index is -4.96. The van der Waals surface area contributed by atoms with Gasteiger partial charge in [-0.1, -0.05) is 388 Å². The van der Waals surface area contributed by atoms with E-state index < -0.39 is 97.5 Å². The van der Waals surface area contributed by atoms with Crippen LogP contribution >= 0.6 is 15.6 Å². The molecule has 19 heteroatoms. The molecule has 0 aromatic rings. The van der Waals surface area contributed by atoms with Gasteiger partial charge < -0.3 is 33.8 Å². The summed E-state index contributed by atoms with van der Waals surface area (Å²) < 4.78 is 68.7. The highest BCUT2D eigenvalue weighted by Gasteiger charge is 2.30. The molecule has 0 aliphatic carbocycles. The van der Waals surface area contributed by atoms with E-state index >= 15 is 0 Å². The number of aliphatic hydroxyl groups excluding tert-OH is 1. The number of phosphoric ester groups is 2. The summed E-state index contributed by atoms with van der Waals surface area (Å²) in [6.07, 6.45) is 66.7. The fraction of sp³-hybridized carbons (Fsp3) is 0.951. The molecule has 5 atom stereocenters. The number of esters is 4. The van der Waals surface area contributed by atoms with Gasteiger partial charge in [0.2, 0.25) is 0 Å². The third-order valence-corrected chi connectivity index (χ3v) is 21.2. The van der Waals surface area contributed by atoms with E-state index in [1.807, 2.05) is 0 Å². The second-order valence-corrected chi connectivity index (χ2v) is 32.9. The molecule has 0 amide bonds. The van der Waals surface area contributed by atoms with Crippen LogP contribution in [0.2, 0.25) is 0 Å². The van der Waals surface area contributed by atoms with E-state index in [9.17, 15) is 43.2 Å². The molecule has 0 aromatic heterocycles. The Morgan fingerprint density at radius 2 is 0.455 bits per heavy atom. The Morgan fingerprint density at radius 1 is 0.267 bits per heavy atom. The fourth-order valence-electron chi connectivity index (χ4n) is 12.8. The minimum absolute atomic E-state index is 0.108. The molecule has 0 saturated carbocycles.